The van der Waals surface area contributed by atoms with Crippen molar-refractivity contribution in [1.82, 2.24) is 26.2 Å². The number of fused-ring (bicyclic) bond motifs is 3. The third kappa shape index (κ3) is 15.6. The molecule has 3 aromatic rings. The number of esters is 2. The topological polar surface area (TPSA) is 226 Å². The van der Waals surface area contributed by atoms with Crippen LogP contribution in [0.3, 0.4) is 0 Å². The van der Waals surface area contributed by atoms with E-state index in [2.05, 4.69) is 27.8 Å². The zero-order valence-corrected chi connectivity index (χ0v) is 36.6. The van der Waals surface area contributed by atoms with E-state index in [0.29, 0.717) is 50.6 Å². The summed E-state index contributed by atoms with van der Waals surface area (Å²) < 4.78 is 27.0. The molecule has 0 saturated heterocycles. The van der Waals surface area contributed by atoms with Crippen molar-refractivity contribution in [1.29, 1.82) is 0 Å². The highest BCUT2D eigenvalue weighted by atomic mass is 16.6. The number of nitrogens with zero attached hydrogens (tertiary/aromatic N) is 1. The molecule has 0 saturated carbocycles. The summed E-state index contributed by atoms with van der Waals surface area (Å²) in [5.74, 6) is -2.71. The minimum Gasteiger partial charge on any atom is -0.465 e. The minimum absolute atomic E-state index is 0.00985. The highest BCUT2D eigenvalue weighted by molar-refractivity contribution is 5.98. The lowest BCUT2D eigenvalue weighted by Crippen LogP contribution is -2.51. The molecule has 0 spiro atoms. The summed E-state index contributed by atoms with van der Waals surface area (Å²) in [5.41, 5.74) is 9.15. The molecule has 0 bridgehead atoms. The fourth-order valence-electron chi connectivity index (χ4n) is 6.68. The lowest BCUT2D eigenvalue weighted by Gasteiger charge is -2.29. The van der Waals surface area contributed by atoms with Crippen molar-refractivity contribution in [2.45, 2.75) is 45.8 Å². The molecule has 1 aliphatic rings. The highest BCUT2D eigenvalue weighted by Gasteiger charge is 2.33. The van der Waals surface area contributed by atoms with Gasteiger partial charge in [-0.05, 0) is 72.9 Å². The molecule has 3 aromatic carbocycles. The molecule has 0 heterocycles. The molecule has 0 radical (unpaired) electrons. The van der Waals surface area contributed by atoms with Gasteiger partial charge in [0, 0.05) is 69.8 Å². The number of carbonyl (C=O) groups excluding carboxylic acids is 6. The lowest BCUT2D eigenvalue weighted by molar-refractivity contribution is -0.142. The molecule has 63 heavy (non-hydrogen) atoms. The van der Waals surface area contributed by atoms with Crippen molar-refractivity contribution >= 4 is 35.8 Å². The van der Waals surface area contributed by atoms with Crippen LogP contribution in [0.5, 0.6) is 0 Å². The van der Waals surface area contributed by atoms with E-state index in [9.17, 15) is 28.8 Å². The lowest BCUT2D eigenvalue weighted by atomic mass is 9.95. The van der Waals surface area contributed by atoms with Gasteiger partial charge >= 0.3 is 18.0 Å². The average Bonchev–Trinajstić information content (AvgIpc) is 3.57. The first-order valence-electron chi connectivity index (χ1n) is 20.9. The molecule has 1 atom stereocenters. The van der Waals surface area contributed by atoms with E-state index in [1.54, 1.807) is 43.0 Å². The van der Waals surface area contributed by atoms with Crippen molar-refractivity contribution in [3.63, 3.8) is 0 Å². The van der Waals surface area contributed by atoms with Crippen LogP contribution in [0.25, 0.3) is 11.1 Å². The monoisotopic (exact) mass is 872 g/mol. The van der Waals surface area contributed by atoms with E-state index in [4.69, 9.17) is 29.4 Å². The Hall–Kier alpha value is -6.14. The third-order valence-electron chi connectivity index (χ3n) is 10.0. The molecule has 0 fully saturated rings. The second-order valence-corrected chi connectivity index (χ2v) is 15.1. The van der Waals surface area contributed by atoms with Gasteiger partial charge in [0.05, 0.1) is 37.5 Å². The van der Waals surface area contributed by atoms with Gasteiger partial charge in [-0.3, -0.25) is 24.1 Å². The average molecular weight is 873 g/mol. The van der Waals surface area contributed by atoms with Crippen molar-refractivity contribution in [3.8, 4) is 11.1 Å². The van der Waals surface area contributed by atoms with Gasteiger partial charge in [-0.2, -0.15) is 0 Å². The maximum absolute atomic E-state index is 13.3. The van der Waals surface area contributed by atoms with E-state index in [1.165, 1.54) is 6.92 Å². The van der Waals surface area contributed by atoms with E-state index in [1.807, 2.05) is 49.4 Å². The van der Waals surface area contributed by atoms with Crippen LogP contribution >= 0.6 is 0 Å². The Morgan fingerprint density at radius 3 is 1.95 bits per heavy atom. The van der Waals surface area contributed by atoms with Gasteiger partial charge in [-0.25, -0.2) is 9.59 Å². The maximum Gasteiger partial charge on any atom is 0.407 e. The van der Waals surface area contributed by atoms with Gasteiger partial charge < -0.3 is 50.7 Å². The number of benzene rings is 3. The summed E-state index contributed by atoms with van der Waals surface area (Å²) in [5, 5.41) is 11.2. The summed E-state index contributed by atoms with van der Waals surface area (Å²) >= 11 is 0. The molecule has 4 amide bonds. The summed E-state index contributed by atoms with van der Waals surface area (Å²) in [7, 11) is 0. The van der Waals surface area contributed by atoms with Crippen LogP contribution in [0.1, 0.15) is 71.0 Å². The first-order chi connectivity index (χ1) is 30.2. The molecule has 1 unspecified atom stereocenters. The molecule has 4 rings (SSSR count). The van der Waals surface area contributed by atoms with E-state index in [0.717, 1.165) is 27.8 Å². The molecule has 0 aliphatic heterocycles. The smallest absolute Gasteiger partial charge is 0.407 e. The number of amides is 4. The first-order valence-corrected chi connectivity index (χ1v) is 20.9. The van der Waals surface area contributed by atoms with E-state index in [-0.39, 0.29) is 69.9 Å². The highest BCUT2D eigenvalue weighted by Crippen LogP contribution is 2.45. The quantitative estimate of drug-likeness (QED) is 0.0339. The molecule has 1 aliphatic carbocycles. The Bertz CT molecular complexity index is 2060. The first kappa shape index (κ1) is 49.5. The van der Waals surface area contributed by atoms with Gasteiger partial charge in [-0.15, -0.1) is 0 Å². The summed E-state index contributed by atoms with van der Waals surface area (Å²) in [4.78, 5) is 78.7. The van der Waals surface area contributed by atoms with Crippen LogP contribution in [-0.4, -0.2) is 132 Å². The predicted octanol–water partition coefficient (Wildman–Crippen LogP) is 3.06. The van der Waals surface area contributed by atoms with Crippen LogP contribution in [0.2, 0.25) is 0 Å². The SMILES string of the molecule is C=C(C(=O)OCc1ccccc1)C(C)(C)NC(=O)CN(CCNC(=O)OCC1c2cc(C(=O)NCCOCC)ccc2-c2ccc(C(=O)NCCOCCN)cc21)CCOC(C)=O. The number of carbonyl (C=O) groups is 6. The second kappa shape index (κ2) is 25.1. The zero-order chi connectivity index (χ0) is 45.8. The van der Waals surface area contributed by atoms with Gasteiger partial charge in [0.1, 0.15) is 19.8 Å². The van der Waals surface area contributed by atoms with Gasteiger partial charge in [-0.1, -0.05) is 49.0 Å². The maximum atomic E-state index is 13.3. The number of rotatable bonds is 26. The summed E-state index contributed by atoms with van der Waals surface area (Å²) in [6.45, 7) is 13.0. The second-order valence-electron chi connectivity index (χ2n) is 15.1. The Kier molecular flexibility index (Phi) is 19.7. The Morgan fingerprint density at radius 1 is 0.746 bits per heavy atom. The zero-order valence-electron chi connectivity index (χ0n) is 36.6. The summed E-state index contributed by atoms with van der Waals surface area (Å²) in [6, 6.07) is 19.8. The van der Waals surface area contributed by atoms with Crippen LogP contribution in [0.4, 0.5) is 4.79 Å². The van der Waals surface area contributed by atoms with E-state index >= 15 is 0 Å². The van der Waals surface area contributed by atoms with Crippen LogP contribution in [0.15, 0.2) is 78.9 Å². The standard InChI is InChI=1S/C46H60N6O11/c1-6-59-23-18-48-42(55)34-12-14-36-37-15-13-35(43(56)49-19-24-60-22-16-47)27-39(37)40(38(36)26-34)30-63-45(58)50-17-20-52(21-25-61-32(3)53)28-41(54)51-46(4,5)31(2)44(57)62-29-33-10-8-7-9-11-33/h7-15,26-27,40H,2,6,16-25,28-30,47H2,1,3-5H3,(H,48,55)(H,49,56)(H,50,58)(H,51,54). The number of nitrogens with two attached hydrogens (primary N) is 1. The molecule has 17 nitrogen and oxygen atoms in total. The van der Waals surface area contributed by atoms with Gasteiger partial charge in [0.15, 0.2) is 0 Å². The fourth-order valence-corrected chi connectivity index (χ4v) is 6.68. The predicted molar refractivity (Wildman–Crippen MR) is 235 cm³/mol. The Morgan fingerprint density at radius 2 is 1.37 bits per heavy atom. The van der Waals surface area contributed by atoms with Gasteiger partial charge in [0.25, 0.3) is 11.8 Å². The third-order valence-corrected chi connectivity index (χ3v) is 10.0. The largest absolute Gasteiger partial charge is 0.465 e. The van der Waals surface area contributed by atoms with Crippen LogP contribution in [0, 0.1) is 0 Å². The van der Waals surface area contributed by atoms with Crippen molar-refractivity contribution < 1.29 is 52.5 Å². The number of ether oxygens (including phenoxy) is 5. The minimum atomic E-state index is -1.16. The van der Waals surface area contributed by atoms with Crippen molar-refractivity contribution in [2.24, 2.45) is 5.73 Å². The number of alkyl carbamates (subject to hydrolysis) is 1. The molecular weight excluding hydrogens is 813 g/mol. The molecule has 6 N–H and O–H groups in total. The van der Waals surface area contributed by atoms with Gasteiger partial charge in [0.2, 0.25) is 5.91 Å². The van der Waals surface area contributed by atoms with Crippen LogP contribution in [-0.2, 0) is 44.7 Å². The fraction of sp³-hybridized carbons (Fsp3) is 0.435. The van der Waals surface area contributed by atoms with Crippen molar-refractivity contribution in [2.75, 3.05) is 85.5 Å². The number of hydrogen-bond donors (Lipinski definition) is 5. The number of hydrogen-bond acceptors (Lipinski definition) is 13. The molecule has 340 valence electrons. The molecule has 0 aromatic heterocycles. The molecular formula is C46H60N6O11. The molecule has 17 heteroatoms. The normalized spacial score (nSPS) is 12.7. The summed E-state index contributed by atoms with van der Waals surface area (Å²) in [6.07, 6.45) is -0.739. The van der Waals surface area contributed by atoms with E-state index < -0.39 is 35.4 Å². The Balaban J connectivity index is 1.40. The van der Waals surface area contributed by atoms with Crippen LogP contribution < -0.4 is 27.0 Å². The Labute approximate surface area is 368 Å². The number of nitrogens with one attached hydrogen (secondary N) is 4. The van der Waals surface area contributed by atoms with Crippen molar-refractivity contribution in [3.05, 3.63) is 107 Å².